The molecule has 0 radical (unpaired) electrons. The Hall–Kier alpha value is -0.920. The lowest BCUT2D eigenvalue weighted by Gasteiger charge is -2.09. The Balaban J connectivity index is 2.12. The van der Waals surface area contributed by atoms with Crippen molar-refractivity contribution < 1.29 is 13.2 Å². The van der Waals surface area contributed by atoms with Gasteiger partial charge in [0.15, 0.2) is 5.03 Å². The summed E-state index contributed by atoms with van der Waals surface area (Å²) in [5, 5.41) is 0.104. The van der Waals surface area contributed by atoms with E-state index in [9.17, 15) is 8.42 Å². The number of aromatic amines is 1. The van der Waals surface area contributed by atoms with Crippen molar-refractivity contribution in [1.29, 1.82) is 0 Å². The molecule has 0 bridgehead atoms. The fourth-order valence-corrected chi connectivity index (χ4v) is 2.67. The first-order chi connectivity index (χ1) is 7.08. The summed E-state index contributed by atoms with van der Waals surface area (Å²) in [5.41, 5.74) is 0. The van der Waals surface area contributed by atoms with Crippen LogP contribution in [0.3, 0.4) is 0 Å². The van der Waals surface area contributed by atoms with Gasteiger partial charge < -0.3 is 9.72 Å². The average molecular weight is 231 g/mol. The first-order valence-electron chi connectivity index (χ1n) is 4.69. The van der Waals surface area contributed by atoms with Crippen LogP contribution >= 0.6 is 0 Å². The second-order valence-corrected chi connectivity index (χ2v) is 5.20. The maximum Gasteiger partial charge on any atom is 0.257 e. The molecular formula is C8H13N3O3S. The van der Waals surface area contributed by atoms with Crippen molar-refractivity contribution in [3.63, 3.8) is 0 Å². The minimum Gasteiger partial charge on any atom is -0.380 e. The van der Waals surface area contributed by atoms with Crippen LogP contribution in [0.25, 0.3) is 0 Å². The van der Waals surface area contributed by atoms with Crippen molar-refractivity contribution in [2.45, 2.75) is 24.4 Å². The Labute approximate surface area is 88.1 Å². The van der Waals surface area contributed by atoms with Crippen LogP contribution in [0, 0.1) is 6.92 Å². The van der Waals surface area contributed by atoms with Gasteiger partial charge in [-0.05, 0) is 13.3 Å². The summed E-state index contributed by atoms with van der Waals surface area (Å²) in [7, 11) is -3.47. The summed E-state index contributed by atoms with van der Waals surface area (Å²) in [6, 6.07) is -0.126. The van der Waals surface area contributed by atoms with Gasteiger partial charge >= 0.3 is 0 Å². The zero-order chi connectivity index (χ0) is 10.9. The predicted molar refractivity (Wildman–Crippen MR) is 52.9 cm³/mol. The van der Waals surface area contributed by atoms with Gasteiger partial charge in [-0.3, -0.25) is 0 Å². The van der Waals surface area contributed by atoms with Crippen molar-refractivity contribution in [2.24, 2.45) is 0 Å². The van der Waals surface area contributed by atoms with E-state index in [-0.39, 0.29) is 11.1 Å². The molecule has 0 saturated carbocycles. The minimum absolute atomic E-state index is 0.104. The lowest BCUT2D eigenvalue weighted by molar-refractivity contribution is 0.192. The van der Waals surface area contributed by atoms with Gasteiger partial charge in [0.25, 0.3) is 10.0 Å². The highest BCUT2D eigenvalue weighted by atomic mass is 32.2. The lowest BCUT2D eigenvalue weighted by atomic mass is 10.3. The summed E-state index contributed by atoms with van der Waals surface area (Å²) in [6.07, 6.45) is 2.03. The largest absolute Gasteiger partial charge is 0.380 e. The summed E-state index contributed by atoms with van der Waals surface area (Å²) < 4.78 is 31.2. The minimum atomic E-state index is -3.47. The van der Waals surface area contributed by atoms with Gasteiger partial charge in [-0.2, -0.15) is 0 Å². The summed E-state index contributed by atoms with van der Waals surface area (Å²) >= 11 is 0. The van der Waals surface area contributed by atoms with Crippen molar-refractivity contribution in [3.05, 3.63) is 12.0 Å². The third kappa shape index (κ3) is 2.36. The quantitative estimate of drug-likeness (QED) is 0.753. The number of H-pyrrole nitrogens is 1. The Morgan fingerprint density at radius 2 is 2.47 bits per heavy atom. The Bertz CT molecular complexity index is 434. The molecule has 2 N–H and O–H groups in total. The third-order valence-electron chi connectivity index (χ3n) is 2.22. The molecule has 2 heterocycles. The first kappa shape index (κ1) is 10.6. The first-order valence-corrected chi connectivity index (χ1v) is 6.18. The molecule has 1 aliphatic rings. The molecule has 0 amide bonds. The molecule has 1 aromatic heterocycles. The second-order valence-electron chi connectivity index (χ2n) is 3.51. The predicted octanol–water partition coefficient (Wildman–Crippen LogP) is -0.215. The van der Waals surface area contributed by atoms with Gasteiger partial charge in [0.05, 0.1) is 12.8 Å². The van der Waals surface area contributed by atoms with E-state index in [4.69, 9.17) is 4.74 Å². The highest BCUT2D eigenvalue weighted by Crippen LogP contribution is 2.10. The summed E-state index contributed by atoms with van der Waals surface area (Å²) in [4.78, 5) is 6.54. The van der Waals surface area contributed by atoms with Gasteiger partial charge in [0.2, 0.25) is 0 Å². The number of nitrogens with one attached hydrogen (secondary N) is 2. The summed E-state index contributed by atoms with van der Waals surface area (Å²) in [5.74, 6) is 0.582. The van der Waals surface area contributed by atoms with E-state index in [2.05, 4.69) is 14.7 Å². The van der Waals surface area contributed by atoms with E-state index >= 15 is 0 Å². The highest BCUT2D eigenvalue weighted by molar-refractivity contribution is 7.89. The third-order valence-corrected chi connectivity index (χ3v) is 3.65. The van der Waals surface area contributed by atoms with Crippen LogP contribution in [0.2, 0.25) is 0 Å². The number of hydrogen-bond donors (Lipinski definition) is 2. The monoisotopic (exact) mass is 231 g/mol. The van der Waals surface area contributed by atoms with Gasteiger partial charge in [-0.15, -0.1) is 0 Å². The number of ether oxygens (including phenoxy) is 1. The van der Waals surface area contributed by atoms with E-state index in [0.717, 1.165) is 0 Å². The molecular weight excluding hydrogens is 218 g/mol. The van der Waals surface area contributed by atoms with E-state index in [1.165, 1.54) is 6.20 Å². The van der Waals surface area contributed by atoms with Crippen molar-refractivity contribution in [1.82, 2.24) is 14.7 Å². The molecule has 1 fully saturated rings. The maximum atomic E-state index is 11.8. The fourth-order valence-electron chi connectivity index (χ4n) is 1.45. The molecule has 84 valence electrons. The van der Waals surface area contributed by atoms with Crippen molar-refractivity contribution >= 4 is 10.0 Å². The number of hydrogen-bond acceptors (Lipinski definition) is 4. The Kier molecular flexibility index (Phi) is 2.76. The van der Waals surface area contributed by atoms with E-state index in [1.807, 2.05) is 0 Å². The molecule has 0 spiro atoms. The lowest BCUT2D eigenvalue weighted by Crippen LogP contribution is -2.35. The van der Waals surface area contributed by atoms with Gasteiger partial charge in [-0.1, -0.05) is 0 Å². The number of rotatable bonds is 3. The molecule has 2 rings (SSSR count). The van der Waals surface area contributed by atoms with E-state index < -0.39 is 10.0 Å². The molecule has 1 atom stereocenters. The number of nitrogens with zero attached hydrogens (tertiary/aromatic N) is 1. The van der Waals surface area contributed by atoms with Crippen molar-refractivity contribution in [3.8, 4) is 0 Å². The number of aryl methyl sites for hydroxylation is 1. The maximum absolute atomic E-state index is 11.8. The van der Waals surface area contributed by atoms with Gasteiger partial charge in [0.1, 0.15) is 5.82 Å². The molecule has 0 aromatic carbocycles. The molecule has 6 nitrogen and oxygen atoms in total. The van der Waals surface area contributed by atoms with E-state index in [0.29, 0.717) is 25.5 Å². The number of aromatic nitrogens is 2. The van der Waals surface area contributed by atoms with Crippen LogP contribution in [0.1, 0.15) is 12.2 Å². The zero-order valence-corrected chi connectivity index (χ0v) is 9.17. The van der Waals surface area contributed by atoms with Crippen LogP contribution in [-0.4, -0.2) is 37.6 Å². The smallest absolute Gasteiger partial charge is 0.257 e. The molecule has 1 aromatic rings. The molecule has 1 unspecified atom stereocenters. The molecule has 0 aliphatic carbocycles. The Morgan fingerprint density at radius 3 is 3.00 bits per heavy atom. The van der Waals surface area contributed by atoms with E-state index in [1.54, 1.807) is 6.92 Å². The van der Waals surface area contributed by atoms with Crippen LogP contribution in [-0.2, 0) is 14.8 Å². The Morgan fingerprint density at radius 1 is 1.67 bits per heavy atom. The number of imidazole rings is 1. The zero-order valence-electron chi connectivity index (χ0n) is 8.36. The SMILES string of the molecule is Cc1ncc(S(=O)(=O)NC2CCOC2)[nH]1. The fraction of sp³-hybridized carbons (Fsp3) is 0.625. The van der Waals surface area contributed by atoms with Crippen LogP contribution < -0.4 is 4.72 Å². The second kappa shape index (κ2) is 3.92. The van der Waals surface area contributed by atoms with Gasteiger partial charge in [0, 0.05) is 12.6 Å². The number of sulfonamides is 1. The molecule has 1 aliphatic heterocycles. The van der Waals surface area contributed by atoms with Crippen LogP contribution in [0.5, 0.6) is 0 Å². The van der Waals surface area contributed by atoms with Crippen LogP contribution in [0.15, 0.2) is 11.2 Å². The van der Waals surface area contributed by atoms with Crippen LogP contribution in [0.4, 0.5) is 0 Å². The highest BCUT2D eigenvalue weighted by Gasteiger charge is 2.24. The molecule has 15 heavy (non-hydrogen) atoms. The van der Waals surface area contributed by atoms with Gasteiger partial charge in [-0.25, -0.2) is 18.1 Å². The van der Waals surface area contributed by atoms with Crippen molar-refractivity contribution in [2.75, 3.05) is 13.2 Å². The standard InChI is InChI=1S/C8H13N3O3S/c1-6-9-4-8(10-6)15(12,13)11-7-2-3-14-5-7/h4,7,11H,2-3,5H2,1H3,(H,9,10). The normalized spacial score (nSPS) is 22.1. The molecule has 1 saturated heterocycles. The summed E-state index contributed by atoms with van der Waals surface area (Å²) in [6.45, 7) is 2.75. The topological polar surface area (TPSA) is 84.1 Å². The average Bonchev–Trinajstić information content (AvgIpc) is 2.75. The molecule has 7 heteroatoms.